The van der Waals surface area contributed by atoms with Crippen LogP contribution in [0.3, 0.4) is 0 Å². The minimum atomic E-state index is -2.37. The highest BCUT2D eigenvalue weighted by atomic mass is 31.1. The number of pyridine rings is 1. The Kier molecular flexibility index (Phi) is 4.12. The Balaban J connectivity index is 0.000000245. The largest absolute Gasteiger partial charge is 0.607 e. The van der Waals surface area contributed by atoms with E-state index in [0.29, 0.717) is 0 Å². The summed E-state index contributed by atoms with van der Waals surface area (Å²) < 4.78 is 8.93. The Hall–Kier alpha value is -1.55. The van der Waals surface area contributed by atoms with Crippen LogP contribution in [0.5, 0.6) is 0 Å². The van der Waals surface area contributed by atoms with Crippen molar-refractivity contribution in [2.45, 2.75) is 0 Å². The quantitative estimate of drug-likeness (QED) is 0.463. The SMILES string of the molecule is N[P+](=O)O.Nc1cccc2cccnc12. The van der Waals surface area contributed by atoms with Crippen molar-refractivity contribution in [2.24, 2.45) is 5.50 Å². The molecule has 0 saturated heterocycles. The van der Waals surface area contributed by atoms with Crippen molar-refractivity contribution >= 4 is 24.8 Å². The number of benzene rings is 1. The smallest absolute Gasteiger partial charge is 0.397 e. The molecule has 0 bridgehead atoms. The number of fused-ring (bicyclic) bond motifs is 1. The summed E-state index contributed by atoms with van der Waals surface area (Å²) in [6.07, 6.45) is 1.75. The van der Waals surface area contributed by atoms with Gasteiger partial charge in [-0.25, -0.2) is 0 Å². The maximum atomic E-state index is 8.93. The molecular weight excluding hydrogens is 213 g/mol. The molecule has 78 valence electrons. The van der Waals surface area contributed by atoms with Crippen LogP contribution in [0.15, 0.2) is 36.5 Å². The first kappa shape index (κ1) is 11.5. The van der Waals surface area contributed by atoms with Crippen LogP contribution >= 0.6 is 8.18 Å². The molecule has 0 aliphatic carbocycles. The average molecular weight is 224 g/mol. The molecule has 2 aromatic rings. The van der Waals surface area contributed by atoms with Crippen molar-refractivity contribution in [3.63, 3.8) is 0 Å². The van der Waals surface area contributed by atoms with Crippen LogP contribution in [0.4, 0.5) is 5.69 Å². The fourth-order valence-corrected chi connectivity index (χ4v) is 1.13. The number of aromatic nitrogens is 1. The third-order valence-corrected chi connectivity index (χ3v) is 1.66. The van der Waals surface area contributed by atoms with E-state index in [2.05, 4.69) is 10.5 Å². The van der Waals surface area contributed by atoms with Crippen molar-refractivity contribution in [1.29, 1.82) is 0 Å². The predicted octanol–water partition coefficient (Wildman–Crippen LogP) is 1.41. The van der Waals surface area contributed by atoms with Gasteiger partial charge in [0.05, 0.1) is 11.2 Å². The van der Waals surface area contributed by atoms with Crippen LogP contribution in [0.2, 0.25) is 0 Å². The lowest BCUT2D eigenvalue weighted by molar-refractivity contribution is 0.504. The third kappa shape index (κ3) is 3.59. The minimum Gasteiger partial charge on any atom is -0.397 e. The van der Waals surface area contributed by atoms with Gasteiger partial charge in [0.1, 0.15) is 0 Å². The van der Waals surface area contributed by atoms with Crippen molar-refractivity contribution in [3.05, 3.63) is 36.5 Å². The Labute approximate surface area is 87.7 Å². The van der Waals surface area contributed by atoms with Crippen molar-refractivity contribution < 1.29 is 9.46 Å². The highest BCUT2D eigenvalue weighted by Gasteiger charge is 1.94. The van der Waals surface area contributed by atoms with Crippen molar-refractivity contribution in [3.8, 4) is 0 Å². The molecule has 0 aliphatic heterocycles. The van der Waals surface area contributed by atoms with Gasteiger partial charge in [0.25, 0.3) is 0 Å². The second kappa shape index (κ2) is 5.36. The van der Waals surface area contributed by atoms with Crippen LogP contribution in [0.1, 0.15) is 0 Å². The van der Waals surface area contributed by atoms with Gasteiger partial charge in [0.2, 0.25) is 0 Å². The summed E-state index contributed by atoms with van der Waals surface area (Å²) >= 11 is 0. The molecule has 5 N–H and O–H groups in total. The number of anilines is 1. The van der Waals surface area contributed by atoms with Gasteiger partial charge in [0.15, 0.2) is 0 Å². The van der Waals surface area contributed by atoms with E-state index < -0.39 is 8.18 Å². The van der Waals surface area contributed by atoms with E-state index in [1.165, 1.54) is 0 Å². The zero-order chi connectivity index (χ0) is 11.3. The third-order valence-electron chi connectivity index (χ3n) is 1.66. The van der Waals surface area contributed by atoms with Crippen LogP contribution in [0, 0.1) is 0 Å². The van der Waals surface area contributed by atoms with Gasteiger partial charge in [-0.05, 0) is 16.7 Å². The average Bonchev–Trinajstić information content (AvgIpc) is 2.18. The predicted molar refractivity (Wildman–Crippen MR) is 60.2 cm³/mol. The summed E-state index contributed by atoms with van der Waals surface area (Å²) in [7, 11) is -2.37. The highest BCUT2D eigenvalue weighted by molar-refractivity contribution is 7.35. The van der Waals surface area contributed by atoms with Gasteiger partial charge < -0.3 is 5.73 Å². The molecule has 0 spiro atoms. The first-order valence-electron chi connectivity index (χ1n) is 4.11. The lowest BCUT2D eigenvalue weighted by atomic mass is 10.2. The zero-order valence-corrected chi connectivity index (χ0v) is 8.76. The second-order valence-corrected chi connectivity index (χ2v) is 3.33. The van der Waals surface area contributed by atoms with E-state index in [-0.39, 0.29) is 0 Å². The molecule has 1 aromatic carbocycles. The number of hydrogen-bond acceptors (Lipinski definition) is 3. The summed E-state index contributed by atoms with van der Waals surface area (Å²) in [5, 5.41) is 1.09. The first-order valence-corrected chi connectivity index (χ1v) is 5.39. The number of rotatable bonds is 0. The van der Waals surface area contributed by atoms with Gasteiger partial charge in [-0.1, -0.05) is 23.7 Å². The molecule has 1 heterocycles. The normalized spacial score (nSPS) is 10.4. The molecule has 2 rings (SSSR count). The Morgan fingerprint density at radius 1 is 1.27 bits per heavy atom. The lowest BCUT2D eigenvalue weighted by Gasteiger charge is -1.97. The number of hydrogen-bond donors (Lipinski definition) is 3. The van der Waals surface area contributed by atoms with Crippen molar-refractivity contribution in [2.75, 3.05) is 5.73 Å². The fourth-order valence-electron chi connectivity index (χ4n) is 1.13. The van der Waals surface area contributed by atoms with E-state index in [9.17, 15) is 0 Å². The molecule has 15 heavy (non-hydrogen) atoms. The van der Waals surface area contributed by atoms with Gasteiger partial charge in [0, 0.05) is 11.6 Å². The molecule has 5 nitrogen and oxygen atoms in total. The van der Waals surface area contributed by atoms with Crippen LogP contribution in [-0.2, 0) is 4.57 Å². The van der Waals surface area contributed by atoms with Gasteiger partial charge in [-0.15, -0.1) is 4.89 Å². The van der Waals surface area contributed by atoms with Gasteiger partial charge in [-0.2, -0.15) is 0 Å². The standard InChI is InChI=1S/C9H8N2.H2NO2P/c10-8-5-1-3-7-4-2-6-11-9(7)8;1-4(2)3/h1-6H,10H2;(H2-,1,2,3)/p+1. The first-order chi connectivity index (χ1) is 7.11. The molecule has 0 saturated carbocycles. The van der Waals surface area contributed by atoms with E-state index in [1.807, 2.05) is 30.3 Å². The topological polar surface area (TPSA) is 102 Å². The second-order valence-electron chi connectivity index (χ2n) is 2.72. The summed E-state index contributed by atoms with van der Waals surface area (Å²) in [5.41, 5.74) is 11.5. The molecule has 0 amide bonds. The van der Waals surface area contributed by atoms with Crippen LogP contribution in [0.25, 0.3) is 10.9 Å². The minimum absolute atomic E-state index is 0.739. The number of nitrogens with two attached hydrogens (primary N) is 2. The number of nitrogen functional groups attached to an aromatic ring is 1. The van der Waals surface area contributed by atoms with Crippen molar-refractivity contribution in [1.82, 2.24) is 4.98 Å². The highest BCUT2D eigenvalue weighted by Crippen LogP contribution is 2.16. The molecule has 0 radical (unpaired) electrons. The molecule has 6 heteroatoms. The maximum Gasteiger partial charge on any atom is 0.607 e. The fraction of sp³-hybridized carbons (Fsp3) is 0. The summed E-state index contributed by atoms with van der Waals surface area (Å²) in [4.78, 5) is 11.5. The molecule has 1 unspecified atom stereocenters. The number of nitrogens with zero attached hydrogens (tertiary/aromatic N) is 1. The molecule has 0 fully saturated rings. The lowest BCUT2D eigenvalue weighted by Crippen LogP contribution is -1.87. The van der Waals surface area contributed by atoms with Gasteiger partial charge in [-0.3, -0.25) is 4.98 Å². The van der Waals surface area contributed by atoms with E-state index in [1.54, 1.807) is 6.20 Å². The monoisotopic (exact) mass is 224 g/mol. The maximum absolute atomic E-state index is 8.93. The van der Waals surface area contributed by atoms with E-state index >= 15 is 0 Å². The van der Waals surface area contributed by atoms with E-state index in [0.717, 1.165) is 16.6 Å². The molecule has 1 atom stereocenters. The van der Waals surface area contributed by atoms with Gasteiger partial charge >= 0.3 is 8.18 Å². The Bertz CT molecular complexity index is 466. The summed E-state index contributed by atoms with van der Waals surface area (Å²) in [5.74, 6) is 0. The summed E-state index contributed by atoms with van der Waals surface area (Å²) in [6, 6.07) is 9.69. The molecule has 1 aromatic heterocycles. The van der Waals surface area contributed by atoms with Crippen LogP contribution in [-0.4, -0.2) is 9.88 Å². The molecule has 0 aliphatic rings. The summed E-state index contributed by atoms with van der Waals surface area (Å²) in [6.45, 7) is 0. The van der Waals surface area contributed by atoms with Crippen LogP contribution < -0.4 is 11.2 Å². The zero-order valence-electron chi connectivity index (χ0n) is 7.87. The Morgan fingerprint density at radius 3 is 2.47 bits per heavy atom. The Morgan fingerprint density at radius 2 is 1.87 bits per heavy atom. The number of para-hydroxylation sites is 1. The van der Waals surface area contributed by atoms with E-state index in [4.69, 9.17) is 15.2 Å². The molecular formula is C9H11N3O2P+.